The van der Waals surface area contributed by atoms with E-state index in [1.165, 1.54) is 41.4 Å². The van der Waals surface area contributed by atoms with Crippen molar-refractivity contribution in [2.45, 2.75) is 17.8 Å². The highest BCUT2D eigenvalue weighted by atomic mass is 35.5. The number of benzene rings is 2. The number of nitrogens with one attached hydrogen (secondary N) is 1. The van der Waals surface area contributed by atoms with E-state index in [4.69, 9.17) is 16.3 Å². The van der Waals surface area contributed by atoms with Gasteiger partial charge in [-0.2, -0.15) is 0 Å². The Hall–Kier alpha value is -3.27. The highest BCUT2D eigenvalue weighted by molar-refractivity contribution is 7.98. The Kier molecular flexibility index (Phi) is 8.12. The van der Waals surface area contributed by atoms with Crippen molar-refractivity contribution in [1.29, 1.82) is 0 Å². The van der Waals surface area contributed by atoms with Crippen molar-refractivity contribution in [3.63, 3.8) is 0 Å². The van der Waals surface area contributed by atoms with E-state index in [0.29, 0.717) is 21.5 Å². The van der Waals surface area contributed by atoms with Gasteiger partial charge in [-0.05, 0) is 30.2 Å². The number of ether oxygens (including phenoxy) is 1. The van der Waals surface area contributed by atoms with E-state index in [2.05, 4.69) is 15.3 Å². The zero-order valence-electron chi connectivity index (χ0n) is 18.5. The fraction of sp³-hybridized carbons (Fsp3) is 0.120. The van der Waals surface area contributed by atoms with Gasteiger partial charge < -0.3 is 10.1 Å². The van der Waals surface area contributed by atoms with Crippen LogP contribution in [0.15, 0.2) is 71.3 Å². The molecule has 0 saturated carbocycles. The van der Waals surface area contributed by atoms with Crippen molar-refractivity contribution in [2.75, 3.05) is 11.9 Å². The summed E-state index contributed by atoms with van der Waals surface area (Å²) in [7, 11) is 0. The van der Waals surface area contributed by atoms with Gasteiger partial charge in [0.25, 0.3) is 5.91 Å². The monoisotopic (exact) mass is 527 g/mol. The molecule has 0 radical (unpaired) electrons. The molecule has 6 nitrogen and oxygen atoms in total. The molecule has 2 aromatic heterocycles. The zero-order valence-corrected chi connectivity index (χ0v) is 20.8. The van der Waals surface area contributed by atoms with E-state index in [1.54, 1.807) is 24.4 Å². The smallest absolute Gasteiger partial charge is 0.341 e. The van der Waals surface area contributed by atoms with Gasteiger partial charge in [-0.1, -0.05) is 65.8 Å². The molecule has 0 aliphatic heterocycles. The standard InChI is InChI=1S/C25H19ClFN3O3S2/c1-2-33-24(32)20-18(16-6-4-3-5-7-16)14-34-23(20)30-22(31)21-19(26)12-28-25(29-21)35-13-15-8-10-17(27)11-9-15/h3-12,14H,2,13H2,1H3,(H,30,31). The van der Waals surface area contributed by atoms with Gasteiger partial charge in [0.15, 0.2) is 10.9 Å². The molecule has 4 aromatic rings. The third-order valence-corrected chi connectivity index (χ3v) is 6.91. The number of carbonyl (C=O) groups is 2. The van der Waals surface area contributed by atoms with Crippen LogP contribution in [0.1, 0.15) is 33.3 Å². The predicted molar refractivity (Wildman–Crippen MR) is 137 cm³/mol. The largest absolute Gasteiger partial charge is 0.462 e. The van der Waals surface area contributed by atoms with Crippen LogP contribution in [0.4, 0.5) is 9.39 Å². The van der Waals surface area contributed by atoms with Crippen LogP contribution < -0.4 is 5.32 Å². The SMILES string of the molecule is CCOC(=O)c1c(-c2ccccc2)csc1NC(=O)c1nc(SCc2ccc(F)cc2)ncc1Cl. The van der Waals surface area contributed by atoms with Crippen molar-refractivity contribution < 1.29 is 18.7 Å². The van der Waals surface area contributed by atoms with Gasteiger partial charge in [-0.3, -0.25) is 4.79 Å². The second-order valence-electron chi connectivity index (χ2n) is 7.16. The minimum absolute atomic E-state index is 0.0206. The first kappa shape index (κ1) is 24.8. The second kappa shape index (κ2) is 11.4. The maximum absolute atomic E-state index is 13.1. The van der Waals surface area contributed by atoms with Crippen LogP contribution in [0.25, 0.3) is 11.1 Å². The average Bonchev–Trinajstić information content (AvgIpc) is 3.28. The van der Waals surface area contributed by atoms with Crippen LogP contribution in [0.5, 0.6) is 0 Å². The number of nitrogens with zero attached hydrogens (tertiary/aromatic N) is 2. The van der Waals surface area contributed by atoms with Gasteiger partial charge in [-0.25, -0.2) is 19.2 Å². The molecule has 0 bridgehead atoms. The second-order valence-corrected chi connectivity index (χ2v) is 9.39. The van der Waals surface area contributed by atoms with Crippen LogP contribution in [0.3, 0.4) is 0 Å². The van der Waals surface area contributed by atoms with Crippen LogP contribution in [-0.4, -0.2) is 28.5 Å². The Balaban J connectivity index is 1.57. The number of anilines is 1. The van der Waals surface area contributed by atoms with Gasteiger partial charge in [0, 0.05) is 16.7 Å². The molecular weight excluding hydrogens is 509 g/mol. The summed E-state index contributed by atoms with van der Waals surface area (Å²) >= 11 is 8.72. The summed E-state index contributed by atoms with van der Waals surface area (Å²) in [5, 5.41) is 5.30. The van der Waals surface area contributed by atoms with E-state index in [-0.39, 0.29) is 28.7 Å². The number of carbonyl (C=O) groups excluding carboxylic acids is 2. The number of esters is 1. The molecular formula is C25H19ClFN3O3S2. The van der Waals surface area contributed by atoms with E-state index < -0.39 is 11.9 Å². The molecule has 2 aromatic carbocycles. The number of rotatable bonds is 8. The molecule has 0 saturated heterocycles. The number of thiophene rings is 1. The van der Waals surface area contributed by atoms with Gasteiger partial charge >= 0.3 is 5.97 Å². The third-order valence-electron chi connectivity index (χ3n) is 4.80. The maximum Gasteiger partial charge on any atom is 0.341 e. The normalized spacial score (nSPS) is 10.7. The summed E-state index contributed by atoms with van der Waals surface area (Å²) in [5.41, 5.74) is 2.62. The van der Waals surface area contributed by atoms with Crippen molar-refractivity contribution in [3.05, 3.63) is 93.8 Å². The Labute approximate surface area is 214 Å². The maximum atomic E-state index is 13.1. The third kappa shape index (κ3) is 6.05. The molecule has 0 aliphatic carbocycles. The summed E-state index contributed by atoms with van der Waals surface area (Å²) in [4.78, 5) is 34.3. The van der Waals surface area contributed by atoms with Crippen LogP contribution in [-0.2, 0) is 10.5 Å². The summed E-state index contributed by atoms with van der Waals surface area (Å²) in [5.74, 6) is -0.937. The van der Waals surface area contributed by atoms with E-state index in [1.807, 2.05) is 30.3 Å². The Morgan fingerprint density at radius 1 is 1.14 bits per heavy atom. The summed E-state index contributed by atoms with van der Waals surface area (Å²) < 4.78 is 18.4. The van der Waals surface area contributed by atoms with Crippen molar-refractivity contribution in [1.82, 2.24) is 9.97 Å². The number of hydrogen-bond acceptors (Lipinski definition) is 7. The Bertz CT molecular complexity index is 1350. The van der Waals surface area contributed by atoms with Gasteiger partial charge in [0.2, 0.25) is 0 Å². The molecule has 0 aliphatic rings. The summed E-state index contributed by atoms with van der Waals surface area (Å²) in [6.45, 7) is 1.92. The van der Waals surface area contributed by atoms with E-state index >= 15 is 0 Å². The predicted octanol–water partition coefficient (Wildman–Crippen LogP) is 6.72. The minimum Gasteiger partial charge on any atom is -0.462 e. The first-order valence-electron chi connectivity index (χ1n) is 10.5. The van der Waals surface area contributed by atoms with Crippen LogP contribution in [0.2, 0.25) is 5.02 Å². The highest BCUT2D eigenvalue weighted by Crippen LogP contribution is 2.36. The molecule has 0 unspecified atom stereocenters. The van der Waals surface area contributed by atoms with Crippen molar-refractivity contribution in [3.8, 4) is 11.1 Å². The Morgan fingerprint density at radius 2 is 1.89 bits per heavy atom. The van der Waals surface area contributed by atoms with Gasteiger partial charge in [0.1, 0.15) is 16.4 Å². The highest BCUT2D eigenvalue weighted by Gasteiger charge is 2.24. The van der Waals surface area contributed by atoms with Crippen molar-refractivity contribution in [2.24, 2.45) is 0 Å². The molecule has 1 N–H and O–H groups in total. The molecule has 35 heavy (non-hydrogen) atoms. The van der Waals surface area contributed by atoms with Crippen molar-refractivity contribution >= 4 is 51.6 Å². The van der Waals surface area contributed by atoms with Gasteiger partial charge in [0.05, 0.1) is 17.8 Å². The molecule has 10 heteroatoms. The van der Waals surface area contributed by atoms with E-state index in [0.717, 1.165) is 11.1 Å². The molecule has 0 atom stereocenters. The fourth-order valence-corrected chi connectivity index (χ4v) is 5.06. The average molecular weight is 528 g/mol. The van der Waals surface area contributed by atoms with E-state index in [9.17, 15) is 14.0 Å². The first-order chi connectivity index (χ1) is 17.0. The number of aromatic nitrogens is 2. The molecule has 0 fully saturated rings. The van der Waals surface area contributed by atoms with Gasteiger partial charge in [-0.15, -0.1) is 11.3 Å². The van der Waals surface area contributed by atoms with Crippen LogP contribution in [0, 0.1) is 5.82 Å². The molecule has 2 heterocycles. The van der Waals surface area contributed by atoms with Crippen LogP contribution >= 0.6 is 34.7 Å². The summed E-state index contributed by atoms with van der Waals surface area (Å²) in [6, 6.07) is 15.5. The number of halogens is 2. The summed E-state index contributed by atoms with van der Waals surface area (Å²) in [6.07, 6.45) is 1.35. The topological polar surface area (TPSA) is 81.2 Å². The molecule has 0 spiro atoms. The number of thioether (sulfide) groups is 1. The molecule has 4 rings (SSSR count). The minimum atomic E-state index is -0.576. The Morgan fingerprint density at radius 3 is 2.60 bits per heavy atom. The lowest BCUT2D eigenvalue weighted by Crippen LogP contribution is -2.17. The quantitative estimate of drug-likeness (QED) is 0.156. The lowest BCUT2D eigenvalue weighted by atomic mass is 10.0. The number of amides is 1. The zero-order chi connectivity index (χ0) is 24.8. The fourth-order valence-electron chi connectivity index (χ4n) is 3.16. The number of hydrogen-bond donors (Lipinski definition) is 1. The molecule has 1 amide bonds. The molecule has 178 valence electrons. The lowest BCUT2D eigenvalue weighted by Gasteiger charge is -2.10. The first-order valence-corrected chi connectivity index (χ1v) is 12.8. The lowest BCUT2D eigenvalue weighted by molar-refractivity contribution is 0.0529.